The molecule has 0 N–H and O–H groups in total. The molecule has 1 aliphatic heterocycles. The van der Waals surface area contributed by atoms with E-state index in [2.05, 4.69) is 10.1 Å². The third kappa shape index (κ3) is 4.16. The van der Waals surface area contributed by atoms with Gasteiger partial charge in [-0.25, -0.2) is 4.68 Å². The van der Waals surface area contributed by atoms with Gasteiger partial charge in [-0.1, -0.05) is 41.7 Å². The average molecular weight is 551 g/mol. The van der Waals surface area contributed by atoms with Crippen molar-refractivity contribution in [2.24, 2.45) is 0 Å². The summed E-state index contributed by atoms with van der Waals surface area (Å²) in [5.41, 5.74) is 2.41. The number of benzene rings is 3. The van der Waals surface area contributed by atoms with Crippen molar-refractivity contribution in [1.82, 2.24) is 24.4 Å². The summed E-state index contributed by atoms with van der Waals surface area (Å²) in [6.45, 7) is 0.235. The quantitative estimate of drug-likeness (QED) is 0.233. The van der Waals surface area contributed by atoms with Crippen molar-refractivity contribution in [3.05, 3.63) is 121 Å². The summed E-state index contributed by atoms with van der Waals surface area (Å²) in [6.07, 6.45) is 3.02. The Hall–Kier alpha value is -5.36. The van der Waals surface area contributed by atoms with Crippen LogP contribution in [0.1, 0.15) is 17.5 Å². The van der Waals surface area contributed by atoms with Crippen molar-refractivity contribution in [3.63, 3.8) is 0 Å². The van der Waals surface area contributed by atoms with E-state index in [4.69, 9.17) is 14.6 Å². The molecule has 3 aromatic carbocycles. The van der Waals surface area contributed by atoms with Gasteiger partial charge in [0, 0.05) is 29.5 Å². The Kier molecular flexibility index (Phi) is 5.60. The predicted molar refractivity (Wildman–Crippen MR) is 147 cm³/mol. The molecule has 1 aliphatic rings. The summed E-state index contributed by atoms with van der Waals surface area (Å²) < 4.78 is 15.2. The Labute approximate surface area is 229 Å². The Morgan fingerprint density at radius 2 is 1.73 bits per heavy atom. The molecule has 0 fully saturated rings. The first-order valence-electron chi connectivity index (χ1n) is 12.2. The second-order valence-electron chi connectivity index (χ2n) is 8.96. The van der Waals surface area contributed by atoms with Crippen molar-refractivity contribution in [2.45, 2.75) is 6.10 Å². The van der Waals surface area contributed by atoms with Crippen LogP contribution >= 0.6 is 11.3 Å². The molecule has 3 aromatic heterocycles. The van der Waals surface area contributed by atoms with E-state index in [1.807, 2.05) is 60.8 Å². The molecule has 12 heteroatoms. The first-order valence-corrected chi connectivity index (χ1v) is 13.0. The van der Waals surface area contributed by atoms with Gasteiger partial charge in [-0.2, -0.15) is 14.6 Å². The van der Waals surface area contributed by atoms with E-state index in [0.717, 1.165) is 5.69 Å². The van der Waals surface area contributed by atoms with Gasteiger partial charge < -0.3 is 9.47 Å². The van der Waals surface area contributed by atoms with E-state index in [9.17, 15) is 14.9 Å². The van der Waals surface area contributed by atoms with Crippen molar-refractivity contribution < 1.29 is 14.4 Å². The Bertz CT molecular complexity index is 2000. The van der Waals surface area contributed by atoms with Gasteiger partial charge in [0.05, 0.1) is 15.1 Å². The monoisotopic (exact) mass is 550 g/mol. The lowest BCUT2D eigenvalue weighted by Gasteiger charge is -2.24. The van der Waals surface area contributed by atoms with Gasteiger partial charge in [-0.15, -0.1) is 5.10 Å². The maximum Gasteiger partial charge on any atom is 0.291 e. The van der Waals surface area contributed by atoms with E-state index >= 15 is 0 Å². The highest BCUT2D eigenvalue weighted by Crippen LogP contribution is 2.35. The lowest BCUT2D eigenvalue weighted by molar-refractivity contribution is -0.384. The van der Waals surface area contributed by atoms with Crippen LogP contribution < -0.4 is 19.6 Å². The largest absolute Gasteiger partial charge is 0.485 e. The smallest absolute Gasteiger partial charge is 0.291 e. The standard InChI is InChI=1S/C28H18N6O5S/c35-27-24(40-28-29-26(31-33(27)28)23-16-38-21-8-4-5-9-22(21)39-23)14-18-15-32(19-6-2-1-3-7-19)30-25(18)17-10-12-20(13-11-17)34(36)37/h1-15,23H,16H2. The van der Waals surface area contributed by atoms with E-state index in [1.165, 1.54) is 28.0 Å². The van der Waals surface area contributed by atoms with Crippen LogP contribution in [-0.4, -0.2) is 35.9 Å². The zero-order chi connectivity index (χ0) is 27.2. The van der Waals surface area contributed by atoms with Crippen molar-refractivity contribution in [3.8, 4) is 28.4 Å². The topological polar surface area (TPSA) is 127 Å². The molecule has 1 atom stereocenters. The van der Waals surface area contributed by atoms with E-state index in [0.29, 0.717) is 43.6 Å². The lowest BCUT2D eigenvalue weighted by Crippen LogP contribution is -2.26. The number of nitro benzene ring substituents is 1. The molecular formula is C28H18N6O5S. The van der Waals surface area contributed by atoms with Crippen molar-refractivity contribution >= 4 is 28.1 Å². The Balaban J connectivity index is 1.28. The van der Waals surface area contributed by atoms with Crippen molar-refractivity contribution in [1.29, 1.82) is 0 Å². The number of rotatable bonds is 5. The Morgan fingerprint density at radius 3 is 2.48 bits per heavy atom. The molecule has 4 heterocycles. The van der Waals surface area contributed by atoms with E-state index < -0.39 is 11.0 Å². The van der Waals surface area contributed by atoms with Gasteiger partial charge >= 0.3 is 0 Å². The average Bonchev–Trinajstić information content (AvgIpc) is 3.68. The molecule has 11 nitrogen and oxygen atoms in total. The molecule has 0 bridgehead atoms. The molecule has 6 aromatic rings. The fourth-order valence-electron chi connectivity index (χ4n) is 4.44. The van der Waals surface area contributed by atoms with E-state index in [1.54, 1.807) is 22.9 Å². The molecular weight excluding hydrogens is 532 g/mol. The third-order valence-electron chi connectivity index (χ3n) is 6.40. The number of fused-ring (bicyclic) bond motifs is 2. The summed E-state index contributed by atoms with van der Waals surface area (Å²) in [5.74, 6) is 1.62. The highest BCUT2D eigenvalue weighted by Gasteiger charge is 2.27. The fourth-order valence-corrected chi connectivity index (χ4v) is 5.35. The number of nitrogens with zero attached hydrogens (tertiary/aromatic N) is 6. The highest BCUT2D eigenvalue weighted by molar-refractivity contribution is 7.15. The molecule has 1 unspecified atom stereocenters. The van der Waals surface area contributed by atoms with Crippen LogP contribution in [0, 0.1) is 10.1 Å². The second kappa shape index (κ2) is 9.43. The van der Waals surface area contributed by atoms with Crippen LogP contribution in [0.25, 0.3) is 28.0 Å². The van der Waals surface area contributed by atoms with Gasteiger partial charge in [0.15, 0.2) is 23.4 Å². The summed E-state index contributed by atoms with van der Waals surface area (Å²) in [7, 11) is 0. The fraction of sp³-hybridized carbons (Fsp3) is 0.0714. The van der Waals surface area contributed by atoms with Crippen LogP contribution in [0.15, 0.2) is 89.9 Å². The Morgan fingerprint density at radius 1 is 0.975 bits per heavy atom. The van der Waals surface area contributed by atoms with Gasteiger partial charge in [-0.3, -0.25) is 14.9 Å². The van der Waals surface area contributed by atoms with Crippen LogP contribution in [0.2, 0.25) is 0 Å². The third-order valence-corrected chi connectivity index (χ3v) is 7.36. The van der Waals surface area contributed by atoms with Crippen LogP contribution in [0.3, 0.4) is 0 Å². The highest BCUT2D eigenvalue weighted by atomic mass is 32.1. The SMILES string of the molecule is O=c1c(=Cc2cn(-c3ccccc3)nc2-c2ccc([N+](=O)[O-])cc2)sc2nc(C3COc4ccccc4O3)nn12. The molecule has 0 saturated heterocycles. The molecule has 0 amide bonds. The van der Waals surface area contributed by atoms with Crippen molar-refractivity contribution in [2.75, 3.05) is 6.61 Å². The number of ether oxygens (including phenoxy) is 2. The van der Waals surface area contributed by atoms with Gasteiger partial charge in [-0.05, 0) is 42.5 Å². The number of nitro groups is 1. The molecule has 0 spiro atoms. The minimum atomic E-state index is -0.535. The number of para-hydroxylation sites is 3. The molecule has 0 saturated carbocycles. The van der Waals surface area contributed by atoms with Crippen LogP contribution in [0.4, 0.5) is 5.69 Å². The van der Waals surface area contributed by atoms with Gasteiger partial charge in [0.25, 0.3) is 11.2 Å². The number of aromatic nitrogens is 5. The first kappa shape index (κ1) is 23.7. The van der Waals surface area contributed by atoms with E-state index in [-0.39, 0.29) is 17.9 Å². The molecule has 0 aliphatic carbocycles. The summed E-state index contributed by atoms with van der Waals surface area (Å²) in [4.78, 5) is 29.0. The predicted octanol–water partition coefficient (Wildman–Crippen LogP) is 3.97. The summed E-state index contributed by atoms with van der Waals surface area (Å²) >= 11 is 1.20. The number of thiazole rings is 1. The minimum Gasteiger partial charge on any atom is -0.485 e. The zero-order valence-electron chi connectivity index (χ0n) is 20.6. The molecule has 40 heavy (non-hydrogen) atoms. The summed E-state index contributed by atoms with van der Waals surface area (Å²) in [6, 6.07) is 23.0. The first-order chi connectivity index (χ1) is 19.5. The van der Waals surface area contributed by atoms with Gasteiger partial charge in [0.2, 0.25) is 4.96 Å². The summed E-state index contributed by atoms with van der Waals surface area (Å²) in [5, 5.41) is 20.3. The molecule has 196 valence electrons. The number of non-ortho nitro benzene ring substituents is 1. The molecule has 0 radical (unpaired) electrons. The normalized spacial score (nSPS) is 15.0. The molecule has 7 rings (SSSR count). The van der Waals surface area contributed by atoms with Crippen LogP contribution in [0.5, 0.6) is 11.5 Å². The minimum absolute atomic E-state index is 0.0178. The van der Waals surface area contributed by atoms with Gasteiger partial charge in [0.1, 0.15) is 12.3 Å². The second-order valence-corrected chi connectivity index (χ2v) is 9.97. The zero-order valence-corrected chi connectivity index (χ0v) is 21.4. The van der Waals surface area contributed by atoms with Crippen LogP contribution in [-0.2, 0) is 0 Å². The maximum absolute atomic E-state index is 13.3. The lowest BCUT2D eigenvalue weighted by atomic mass is 10.1. The number of hydrogen-bond donors (Lipinski definition) is 0. The maximum atomic E-state index is 13.3. The number of hydrogen-bond acceptors (Lipinski definition) is 9.